The van der Waals surface area contributed by atoms with E-state index in [0.29, 0.717) is 29.8 Å². The minimum atomic E-state index is -0.261. The van der Waals surface area contributed by atoms with E-state index in [4.69, 9.17) is 0 Å². The largest absolute Gasteiger partial charge is 0.322 e. The first-order valence-corrected chi connectivity index (χ1v) is 9.53. The Morgan fingerprint density at radius 1 is 0.889 bits per heavy atom. The number of amides is 3. The number of benzene rings is 2. The van der Waals surface area contributed by atoms with Gasteiger partial charge in [0.05, 0.1) is 17.5 Å². The van der Waals surface area contributed by atoms with Crippen LogP contribution in [0.4, 0.5) is 11.4 Å². The van der Waals surface area contributed by atoms with E-state index >= 15 is 0 Å². The van der Waals surface area contributed by atoms with Crippen LogP contribution in [0.1, 0.15) is 23.2 Å². The topological polar surface area (TPSA) is 66.5 Å². The summed E-state index contributed by atoms with van der Waals surface area (Å²) in [6.45, 7) is 0. The summed E-state index contributed by atoms with van der Waals surface area (Å²) in [5, 5.41) is 2.82. The number of hydrogen-bond donors (Lipinski definition) is 1. The van der Waals surface area contributed by atoms with Crippen LogP contribution in [0.3, 0.4) is 0 Å². The smallest absolute Gasteiger partial charge is 0.255 e. The fourth-order valence-electron chi connectivity index (χ4n) is 3.55. The van der Waals surface area contributed by atoms with Crippen LogP contribution < -0.4 is 10.2 Å². The van der Waals surface area contributed by atoms with Gasteiger partial charge in [0.25, 0.3) is 5.91 Å². The third kappa shape index (κ3) is 3.32. The summed E-state index contributed by atoms with van der Waals surface area (Å²) >= 11 is 3.35. The van der Waals surface area contributed by atoms with Crippen molar-refractivity contribution in [2.75, 3.05) is 10.2 Å². The molecule has 27 heavy (non-hydrogen) atoms. The zero-order valence-electron chi connectivity index (χ0n) is 14.4. The lowest BCUT2D eigenvalue weighted by Gasteiger charge is -2.15. The minimum Gasteiger partial charge on any atom is -0.322 e. The highest BCUT2D eigenvalue weighted by atomic mass is 79.9. The van der Waals surface area contributed by atoms with Gasteiger partial charge in [-0.05, 0) is 61.4 Å². The highest BCUT2D eigenvalue weighted by Gasteiger charge is 2.47. The number of carbonyl (C=O) groups is 3. The van der Waals surface area contributed by atoms with Crippen molar-refractivity contribution in [3.05, 3.63) is 70.7 Å². The molecule has 2 aromatic rings. The van der Waals surface area contributed by atoms with Gasteiger partial charge in [-0.25, -0.2) is 0 Å². The Bertz CT molecular complexity index is 909. The van der Waals surface area contributed by atoms with Gasteiger partial charge in [0, 0.05) is 15.7 Å². The highest BCUT2D eigenvalue weighted by molar-refractivity contribution is 9.10. The molecule has 4 rings (SSSR count). The van der Waals surface area contributed by atoms with Crippen molar-refractivity contribution in [3.63, 3.8) is 0 Å². The fraction of sp³-hybridized carbons (Fsp3) is 0.190. The molecule has 1 N–H and O–H groups in total. The van der Waals surface area contributed by atoms with E-state index in [-0.39, 0.29) is 29.6 Å². The van der Waals surface area contributed by atoms with Crippen molar-refractivity contribution in [3.8, 4) is 0 Å². The van der Waals surface area contributed by atoms with Crippen molar-refractivity contribution in [1.82, 2.24) is 0 Å². The van der Waals surface area contributed by atoms with Crippen LogP contribution in [0.2, 0.25) is 0 Å². The van der Waals surface area contributed by atoms with Gasteiger partial charge in [-0.3, -0.25) is 19.3 Å². The molecule has 2 aliphatic rings. The molecule has 1 aliphatic heterocycles. The zero-order chi connectivity index (χ0) is 19.0. The van der Waals surface area contributed by atoms with Crippen LogP contribution in [0, 0.1) is 11.8 Å². The average molecular weight is 425 g/mol. The number of imide groups is 1. The molecule has 6 heteroatoms. The average Bonchev–Trinajstić information content (AvgIpc) is 2.95. The second-order valence-electron chi connectivity index (χ2n) is 6.68. The Balaban J connectivity index is 1.50. The molecule has 0 aromatic heterocycles. The lowest BCUT2D eigenvalue weighted by Crippen LogP contribution is -2.30. The van der Waals surface area contributed by atoms with Gasteiger partial charge >= 0.3 is 0 Å². The quantitative estimate of drug-likeness (QED) is 0.594. The van der Waals surface area contributed by atoms with Gasteiger partial charge in [0.1, 0.15) is 0 Å². The van der Waals surface area contributed by atoms with Crippen LogP contribution in [0.25, 0.3) is 0 Å². The first-order valence-electron chi connectivity index (χ1n) is 8.74. The van der Waals surface area contributed by atoms with E-state index in [9.17, 15) is 14.4 Å². The predicted octanol–water partition coefficient (Wildman–Crippen LogP) is 4.16. The van der Waals surface area contributed by atoms with Crippen LogP contribution in [-0.4, -0.2) is 17.7 Å². The number of hydrogen-bond acceptors (Lipinski definition) is 3. The highest BCUT2D eigenvalue weighted by Crippen LogP contribution is 2.37. The number of carbonyl (C=O) groups excluding carboxylic acids is 3. The molecule has 0 bridgehead atoms. The van der Waals surface area contributed by atoms with Crippen molar-refractivity contribution >= 4 is 45.0 Å². The third-order valence-electron chi connectivity index (χ3n) is 5.00. The third-order valence-corrected chi connectivity index (χ3v) is 5.53. The molecule has 2 atom stereocenters. The van der Waals surface area contributed by atoms with E-state index in [1.54, 1.807) is 36.4 Å². The molecule has 0 saturated carbocycles. The van der Waals surface area contributed by atoms with E-state index < -0.39 is 0 Å². The number of allylic oxidation sites excluding steroid dienone is 2. The maximum atomic E-state index is 12.6. The summed E-state index contributed by atoms with van der Waals surface area (Å²) in [5.74, 6) is -1.07. The molecule has 0 spiro atoms. The van der Waals surface area contributed by atoms with E-state index in [0.717, 1.165) is 4.47 Å². The summed E-state index contributed by atoms with van der Waals surface area (Å²) < 4.78 is 0.931. The molecule has 2 aromatic carbocycles. The number of nitrogens with one attached hydrogen (secondary N) is 1. The number of anilines is 2. The summed E-state index contributed by atoms with van der Waals surface area (Å²) in [4.78, 5) is 38.9. The molecule has 1 fully saturated rings. The van der Waals surface area contributed by atoms with Crippen LogP contribution in [0.15, 0.2) is 65.2 Å². The number of rotatable bonds is 3. The predicted molar refractivity (Wildman–Crippen MR) is 106 cm³/mol. The van der Waals surface area contributed by atoms with Gasteiger partial charge in [-0.15, -0.1) is 0 Å². The van der Waals surface area contributed by atoms with Crippen molar-refractivity contribution in [2.24, 2.45) is 11.8 Å². The molecule has 1 saturated heterocycles. The first-order chi connectivity index (χ1) is 13.0. The maximum absolute atomic E-state index is 12.6. The minimum absolute atomic E-state index is 0.151. The molecule has 1 aliphatic carbocycles. The lowest BCUT2D eigenvalue weighted by atomic mass is 9.85. The molecular formula is C21H17BrN2O3. The number of nitrogens with zero attached hydrogens (tertiary/aromatic N) is 1. The standard InChI is InChI=1S/C21H17BrN2O3/c22-14-7-9-15(10-8-14)23-19(25)13-5-11-16(12-6-13)24-20(26)17-3-1-2-4-18(17)21(24)27/h1-2,5-12,17-18H,3-4H2,(H,23,25)/t17-,18-/m1/s1. The Labute approximate surface area is 165 Å². The van der Waals surface area contributed by atoms with E-state index in [1.807, 2.05) is 24.3 Å². The van der Waals surface area contributed by atoms with E-state index in [2.05, 4.69) is 21.2 Å². The van der Waals surface area contributed by atoms with Crippen molar-refractivity contribution in [1.29, 1.82) is 0 Å². The SMILES string of the molecule is O=C(Nc1ccc(Br)cc1)c1ccc(N2C(=O)[C@@H]3CC=CC[C@H]3C2=O)cc1. The molecular weight excluding hydrogens is 408 g/mol. The monoisotopic (exact) mass is 424 g/mol. The van der Waals surface area contributed by atoms with Crippen molar-refractivity contribution in [2.45, 2.75) is 12.8 Å². The first kappa shape index (κ1) is 17.7. The summed E-state index contributed by atoms with van der Waals surface area (Å²) in [5.41, 5.74) is 1.66. The summed E-state index contributed by atoms with van der Waals surface area (Å²) in [6.07, 6.45) is 5.15. The van der Waals surface area contributed by atoms with Crippen molar-refractivity contribution < 1.29 is 14.4 Å². The molecule has 0 radical (unpaired) electrons. The molecule has 0 unspecified atom stereocenters. The normalized spacial score (nSPS) is 21.3. The Morgan fingerprint density at radius 3 is 2.00 bits per heavy atom. The fourth-order valence-corrected chi connectivity index (χ4v) is 3.82. The maximum Gasteiger partial charge on any atom is 0.255 e. The molecule has 136 valence electrons. The Hall–Kier alpha value is -2.73. The van der Waals surface area contributed by atoms with Crippen LogP contribution >= 0.6 is 15.9 Å². The molecule has 1 heterocycles. The summed E-state index contributed by atoms with van der Waals surface area (Å²) in [7, 11) is 0. The number of halogens is 1. The second-order valence-corrected chi connectivity index (χ2v) is 7.59. The number of fused-ring (bicyclic) bond motifs is 1. The second kappa shape index (κ2) is 7.12. The Morgan fingerprint density at radius 2 is 1.44 bits per heavy atom. The van der Waals surface area contributed by atoms with Crippen LogP contribution in [-0.2, 0) is 9.59 Å². The molecule has 3 amide bonds. The van der Waals surface area contributed by atoms with Gasteiger partial charge < -0.3 is 5.32 Å². The van der Waals surface area contributed by atoms with E-state index in [1.165, 1.54) is 4.90 Å². The lowest BCUT2D eigenvalue weighted by molar-refractivity contribution is -0.122. The van der Waals surface area contributed by atoms with Gasteiger partial charge in [-0.2, -0.15) is 0 Å². The van der Waals surface area contributed by atoms with Crippen LogP contribution in [0.5, 0.6) is 0 Å². The van der Waals surface area contributed by atoms with Gasteiger partial charge in [0.2, 0.25) is 11.8 Å². The van der Waals surface area contributed by atoms with Gasteiger partial charge in [0.15, 0.2) is 0 Å². The summed E-state index contributed by atoms with van der Waals surface area (Å²) in [6, 6.07) is 13.8. The Kier molecular flexibility index (Phi) is 4.66. The molecule has 5 nitrogen and oxygen atoms in total. The van der Waals surface area contributed by atoms with Gasteiger partial charge in [-0.1, -0.05) is 28.1 Å². The zero-order valence-corrected chi connectivity index (χ0v) is 16.0.